The fourth-order valence-corrected chi connectivity index (χ4v) is 3.09. The van der Waals surface area contributed by atoms with Gasteiger partial charge < -0.3 is 14.8 Å². The number of carbonyl (C=O) groups excluding carboxylic acids is 1. The summed E-state index contributed by atoms with van der Waals surface area (Å²) >= 11 is 6.00. The average Bonchev–Trinajstić information content (AvgIpc) is 2.99. The highest BCUT2D eigenvalue weighted by Crippen LogP contribution is 2.23. The second-order valence-electron chi connectivity index (χ2n) is 5.14. The number of carboxylic acid groups (broad SMARTS) is 1. The Morgan fingerprint density at radius 2 is 2.04 bits per heavy atom. The van der Waals surface area contributed by atoms with Crippen molar-refractivity contribution in [2.24, 2.45) is 0 Å². The first-order chi connectivity index (χ1) is 11.3. The van der Waals surface area contributed by atoms with Crippen molar-refractivity contribution in [3.63, 3.8) is 0 Å². The molecular weight excluding hydrogens is 354 g/mol. The summed E-state index contributed by atoms with van der Waals surface area (Å²) in [6.45, 7) is 3.31. The molecule has 0 aliphatic heterocycles. The van der Waals surface area contributed by atoms with E-state index in [1.165, 1.54) is 19.1 Å². The van der Waals surface area contributed by atoms with Gasteiger partial charge in [-0.2, -0.15) is 0 Å². The monoisotopic (exact) mass is 369 g/mol. The van der Waals surface area contributed by atoms with Crippen LogP contribution in [0.25, 0.3) is 0 Å². The van der Waals surface area contributed by atoms with E-state index in [-0.39, 0.29) is 17.3 Å². The van der Waals surface area contributed by atoms with E-state index in [4.69, 9.17) is 21.1 Å². The summed E-state index contributed by atoms with van der Waals surface area (Å²) in [4.78, 5) is 23.0. The molecule has 2 unspecified atom stereocenters. The maximum absolute atomic E-state index is 12.3. The molecule has 128 valence electrons. The average molecular weight is 370 g/mol. The molecule has 0 spiro atoms. The lowest BCUT2D eigenvalue weighted by atomic mass is 10.2. The second-order valence-corrected chi connectivity index (χ2v) is 7.30. The van der Waals surface area contributed by atoms with Crippen molar-refractivity contribution in [3.8, 4) is 0 Å². The van der Waals surface area contributed by atoms with Gasteiger partial charge in [0.05, 0.1) is 5.75 Å². The minimum Gasteiger partial charge on any atom is -0.475 e. The van der Waals surface area contributed by atoms with Crippen LogP contribution in [-0.2, 0) is 21.3 Å². The molecule has 2 aromatic rings. The Labute approximate surface area is 146 Å². The van der Waals surface area contributed by atoms with Gasteiger partial charge in [-0.25, -0.2) is 4.79 Å². The van der Waals surface area contributed by atoms with Crippen LogP contribution in [0.2, 0.25) is 5.02 Å². The first kappa shape index (κ1) is 18.2. The summed E-state index contributed by atoms with van der Waals surface area (Å²) in [7, 11) is -1.56. The Kier molecular flexibility index (Phi) is 5.80. The van der Waals surface area contributed by atoms with Gasteiger partial charge in [0.2, 0.25) is 11.7 Å². The van der Waals surface area contributed by atoms with E-state index in [9.17, 15) is 13.8 Å². The fourth-order valence-electron chi connectivity index (χ4n) is 1.93. The number of benzene rings is 1. The van der Waals surface area contributed by atoms with Crippen molar-refractivity contribution in [3.05, 3.63) is 52.4 Å². The number of anilines is 1. The van der Waals surface area contributed by atoms with Gasteiger partial charge >= 0.3 is 5.97 Å². The molecule has 1 aromatic carbocycles. The summed E-state index contributed by atoms with van der Waals surface area (Å²) in [6.07, 6.45) is 0. The molecule has 1 heterocycles. The van der Waals surface area contributed by atoms with Crippen LogP contribution in [0, 0.1) is 6.92 Å². The summed E-state index contributed by atoms with van der Waals surface area (Å²) in [5.74, 6) is -1.63. The maximum atomic E-state index is 12.3. The predicted octanol–water partition coefficient (Wildman–Crippen LogP) is 3.22. The molecule has 0 fully saturated rings. The molecule has 0 aliphatic carbocycles. The summed E-state index contributed by atoms with van der Waals surface area (Å²) in [5, 5.41) is 11.2. The van der Waals surface area contributed by atoms with Crippen LogP contribution in [0.5, 0.6) is 0 Å². The molecule has 6 nitrogen and oxygen atoms in total. The molecule has 2 atom stereocenters. The fraction of sp³-hybridized carbons (Fsp3) is 0.250. The van der Waals surface area contributed by atoms with Crippen LogP contribution in [-0.4, -0.2) is 26.4 Å². The Morgan fingerprint density at radius 1 is 1.33 bits per heavy atom. The van der Waals surface area contributed by atoms with E-state index in [0.717, 1.165) is 5.56 Å². The van der Waals surface area contributed by atoms with Gasteiger partial charge in [0.15, 0.2) is 0 Å². The van der Waals surface area contributed by atoms with Gasteiger partial charge in [-0.3, -0.25) is 9.00 Å². The quantitative estimate of drug-likeness (QED) is 0.814. The number of carbonyl (C=O) groups is 2. The molecule has 2 rings (SSSR count). The number of carboxylic acids is 1. The van der Waals surface area contributed by atoms with E-state index in [2.05, 4.69) is 5.32 Å². The number of hydrogen-bond donors (Lipinski definition) is 2. The summed E-state index contributed by atoms with van der Waals surface area (Å²) < 4.78 is 17.3. The molecule has 0 aliphatic rings. The number of furan rings is 1. The molecule has 1 aromatic heterocycles. The Hall–Kier alpha value is -2.12. The Bertz CT molecular complexity index is 802. The van der Waals surface area contributed by atoms with Crippen molar-refractivity contribution >= 4 is 40.0 Å². The van der Waals surface area contributed by atoms with E-state index in [0.29, 0.717) is 10.7 Å². The van der Waals surface area contributed by atoms with Crippen LogP contribution in [0.4, 0.5) is 5.69 Å². The highest BCUT2D eigenvalue weighted by molar-refractivity contribution is 7.85. The lowest BCUT2D eigenvalue weighted by molar-refractivity contribution is -0.115. The molecule has 0 bridgehead atoms. The van der Waals surface area contributed by atoms with Gasteiger partial charge in [0.25, 0.3) is 0 Å². The number of rotatable bonds is 6. The van der Waals surface area contributed by atoms with Crippen LogP contribution >= 0.6 is 11.6 Å². The topological polar surface area (TPSA) is 96.6 Å². The molecule has 0 saturated carbocycles. The SMILES string of the molecule is Cc1c(Cl)cccc1NC(=O)C(C)S(=O)Cc1ccc(C(=O)O)o1. The normalized spacial score (nSPS) is 13.3. The molecular formula is C16H16ClNO5S. The Balaban J connectivity index is 2.02. The number of aromatic carboxylic acids is 1. The molecule has 2 N–H and O–H groups in total. The first-order valence-electron chi connectivity index (χ1n) is 7.04. The molecule has 24 heavy (non-hydrogen) atoms. The summed E-state index contributed by atoms with van der Waals surface area (Å²) in [6, 6.07) is 7.86. The largest absolute Gasteiger partial charge is 0.475 e. The number of halogens is 1. The highest BCUT2D eigenvalue weighted by Gasteiger charge is 2.22. The van der Waals surface area contributed by atoms with E-state index >= 15 is 0 Å². The number of amides is 1. The smallest absolute Gasteiger partial charge is 0.371 e. The van der Waals surface area contributed by atoms with Gasteiger partial charge in [-0.15, -0.1) is 0 Å². The third kappa shape index (κ3) is 4.24. The van der Waals surface area contributed by atoms with Crippen LogP contribution in [0.3, 0.4) is 0 Å². The third-order valence-corrected chi connectivity index (χ3v) is 5.43. The molecule has 8 heteroatoms. The van der Waals surface area contributed by atoms with E-state index < -0.39 is 27.9 Å². The highest BCUT2D eigenvalue weighted by atomic mass is 35.5. The zero-order valence-corrected chi connectivity index (χ0v) is 14.6. The van der Waals surface area contributed by atoms with Gasteiger partial charge in [-0.1, -0.05) is 17.7 Å². The standard InChI is InChI=1S/C16H16ClNO5S/c1-9-12(17)4-3-5-13(9)18-15(19)10(2)24(22)8-11-6-7-14(23-11)16(20)21/h3-7,10H,8H2,1-2H3,(H,18,19)(H,20,21). The van der Waals surface area contributed by atoms with Crippen molar-refractivity contribution in [1.82, 2.24) is 0 Å². The van der Waals surface area contributed by atoms with Crippen molar-refractivity contribution in [2.45, 2.75) is 24.9 Å². The Morgan fingerprint density at radius 3 is 2.67 bits per heavy atom. The predicted molar refractivity (Wildman–Crippen MR) is 91.8 cm³/mol. The lowest BCUT2D eigenvalue weighted by Gasteiger charge is -2.13. The molecule has 0 saturated heterocycles. The molecule has 0 radical (unpaired) electrons. The second kappa shape index (κ2) is 7.63. The van der Waals surface area contributed by atoms with Crippen molar-refractivity contribution in [1.29, 1.82) is 0 Å². The first-order valence-corrected chi connectivity index (χ1v) is 8.80. The van der Waals surface area contributed by atoms with Crippen molar-refractivity contribution < 1.29 is 23.3 Å². The van der Waals surface area contributed by atoms with Gasteiger partial charge in [0, 0.05) is 21.5 Å². The summed E-state index contributed by atoms with van der Waals surface area (Å²) in [5.41, 5.74) is 1.28. The zero-order chi connectivity index (χ0) is 17.9. The van der Waals surface area contributed by atoms with E-state index in [1.807, 2.05) is 0 Å². The number of nitrogens with one attached hydrogen (secondary N) is 1. The zero-order valence-electron chi connectivity index (χ0n) is 13.0. The third-order valence-electron chi connectivity index (χ3n) is 3.45. The minimum atomic E-state index is -1.56. The lowest BCUT2D eigenvalue weighted by Crippen LogP contribution is -2.30. The minimum absolute atomic E-state index is 0.0452. The molecule has 1 amide bonds. The van der Waals surface area contributed by atoms with E-state index in [1.54, 1.807) is 25.1 Å². The van der Waals surface area contributed by atoms with Gasteiger partial charge in [-0.05, 0) is 43.7 Å². The van der Waals surface area contributed by atoms with Crippen LogP contribution in [0.1, 0.15) is 28.8 Å². The van der Waals surface area contributed by atoms with Crippen LogP contribution in [0.15, 0.2) is 34.7 Å². The van der Waals surface area contributed by atoms with Gasteiger partial charge in [0.1, 0.15) is 11.0 Å². The number of hydrogen-bond acceptors (Lipinski definition) is 4. The van der Waals surface area contributed by atoms with Crippen LogP contribution < -0.4 is 5.32 Å². The maximum Gasteiger partial charge on any atom is 0.371 e. The van der Waals surface area contributed by atoms with Crippen molar-refractivity contribution in [2.75, 3.05) is 5.32 Å².